The first-order chi connectivity index (χ1) is 13.6. The summed E-state index contributed by atoms with van der Waals surface area (Å²) in [5.74, 6) is -0.442. The average Bonchev–Trinajstić information content (AvgIpc) is 3.03. The van der Waals surface area contributed by atoms with Gasteiger partial charge in [-0.3, -0.25) is 9.59 Å². The highest BCUT2D eigenvalue weighted by Crippen LogP contribution is 2.21. The van der Waals surface area contributed by atoms with Crippen LogP contribution >= 0.6 is 0 Å². The molecule has 0 aromatic heterocycles. The van der Waals surface area contributed by atoms with Crippen molar-refractivity contribution in [3.63, 3.8) is 0 Å². The van der Waals surface area contributed by atoms with Crippen LogP contribution in [0.25, 0.3) is 0 Å². The molecule has 1 fully saturated rings. The van der Waals surface area contributed by atoms with Gasteiger partial charge in [0, 0.05) is 30.4 Å². The van der Waals surface area contributed by atoms with E-state index in [9.17, 15) is 9.59 Å². The molecule has 5 heteroatoms. The van der Waals surface area contributed by atoms with Gasteiger partial charge in [-0.25, -0.2) is 0 Å². The molecule has 2 aromatic carbocycles. The third-order valence-electron chi connectivity index (χ3n) is 5.43. The van der Waals surface area contributed by atoms with Crippen molar-refractivity contribution in [1.82, 2.24) is 4.90 Å². The van der Waals surface area contributed by atoms with Crippen molar-refractivity contribution in [2.75, 3.05) is 18.4 Å². The van der Waals surface area contributed by atoms with Gasteiger partial charge in [-0.1, -0.05) is 50.1 Å². The van der Waals surface area contributed by atoms with Crippen molar-refractivity contribution in [2.24, 2.45) is 11.7 Å². The Morgan fingerprint density at radius 2 is 1.54 bits per heavy atom. The van der Waals surface area contributed by atoms with Crippen LogP contribution in [0.5, 0.6) is 0 Å². The number of carbonyl (C=O) groups excluding carboxylic acids is 2. The van der Waals surface area contributed by atoms with E-state index in [0.717, 1.165) is 31.5 Å². The van der Waals surface area contributed by atoms with Crippen LogP contribution < -0.4 is 11.1 Å². The van der Waals surface area contributed by atoms with Crippen LogP contribution in [-0.4, -0.2) is 29.8 Å². The molecule has 2 unspecified atom stereocenters. The fourth-order valence-electron chi connectivity index (χ4n) is 3.54. The summed E-state index contributed by atoms with van der Waals surface area (Å²) in [4.78, 5) is 27.2. The highest BCUT2D eigenvalue weighted by Gasteiger charge is 2.22. The minimum absolute atomic E-state index is 0.0687. The molecule has 1 saturated heterocycles. The summed E-state index contributed by atoms with van der Waals surface area (Å²) < 4.78 is 0. The van der Waals surface area contributed by atoms with E-state index in [1.54, 1.807) is 24.3 Å². The Kier molecular flexibility index (Phi) is 6.82. The number of nitrogens with one attached hydrogen (secondary N) is 1. The van der Waals surface area contributed by atoms with Crippen molar-refractivity contribution in [3.8, 4) is 0 Å². The van der Waals surface area contributed by atoms with Gasteiger partial charge in [0.15, 0.2) is 0 Å². The maximum absolute atomic E-state index is 12.7. The van der Waals surface area contributed by atoms with Crippen LogP contribution in [0, 0.1) is 5.92 Å². The Morgan fingerprint density at radius 3 is 2.14 bits per heavy atom. The maximum atomic E-state index is 12.7. The lowest BCUT2D eigenvalue weighted by atomic mass is 9.94. The molecule has 148 valence electrons. The SMILES string of the molecule is CC(C(=O)Nc1ccc(C(=O)N2CCCCCC2)cc1)C(N)c1ccccc1. The largest absolute Gasteiger partial charge is 0.339 e. The number of likely N-dealkylation sites (tertiary alicyclic amines) is 1. The summed E-state index contributed by atoms with van der Waals surface area (Å²) in [7, 11) is 0. The van der Waals surface area contributed by atoms with E-state index in [1.165, 1.54) is 12.8 Å². The number of anilines is 1. The fourth-order valence-corrected chi connectivity index (χ4v) is 3.54. The second-order valence-corrected chi connectivity index (χ2v) is 7.50. The van der Waals surface area contributed by atoms with Gasteiger partial charge in [0.2, 0.25) is 5.91 Å². The van der Waals surface area contributed by atoms with E-state index in [-0.39, 0.29) is 23.8 Å². The summed E-state index contributed by atoms with van der Waals surface area (Å²) >= 11 is 0. The van der Waals surface area contributed by atoms with Crippen molar-refractivity contribution >= 4 is 17.5 Å². The average molecular weight is 380 g/mol. The first kappa shape index (κ1) is 20.1. The number of hydrogen-bond acceptors (Lipinski definition) is 3. The molecule has 1 aliphatic rings. The third-order valence-corrected chi connectivity index (χ3v) is 5.43. The van der Waals surface area contributed by atoms with Gasteiger partial charge in [-0.05, 0) is 42.7 Å². The maximum Gasteiger partial charge on any atom is 0.253 e. The van der Waals surface area contributed by atoms with Crippen molar-refractivity contribution < 1.29 is 9.59 Å². The van der Waals surface area contributed by atoms with E-state index in [4.69, 9.17) is 5.73 Å². The first-order valence-corrected chi connectivity index (χ1v) is 10.1. The summed E-state index contributed by atoms with van der Waals surface area (Å²) in [5, 5.41) is 2.90. The molecule has 28 heavy (non-hydrogen) atoms. The lowest BCUT2D eigenvalue weighted by Gasteiger charge is -2.21. The molecular formula is C23H29N3O2. The van der Waals surface area contributed by atoms with E-state index >= 15 is 0 Å². The molecule has 0 radical (unpaired) electrons. The van der Waals surface area contributed by atoms with Crippen LogP contribution in [0.4, 0.5) is 5.69 Å². The topological polar surface area (TPSA) is 75.4 Å². The molecule has 2 atom stereocenters. The van der Waals surface area contributed by atoms with Gasteiger partial charge in [0.25, 0.3) is 5.91 Å². The monoisotopic (exact) mass is 379 g/mol. The molecule has 1 aliphatic heterocycles. The highest BCUT2D eigenvalue weighted by atomic mass is 16.2. The Labute approximate surface area is 166 Å². The molecule has 0 aliphatic carbocycles. The zero-order valence-electron chi connectivity index (χ0n) is 16.4. The number of carbonyl (C=O) groups is 2. The normalized spacial score (nSPS) is 16.7. The van der Waals surface area contributed by atoms with Crippen molar-refractivity contribution in [2.45, 2.75) is 38.6 Å². The molecule has 0 saturated carbocycles. The van der Waals surface area contributed by atoms with Crippen molar-refractivity contribution in [1.29, 1.82) is 0 Å². The number of amides is 2. The number of benzene rings is 2. The summed E-state index contributed by atoms with van der Waals surface area (Å²) in [6.07, 6.45) is 4.52. The minimum Gasteiger partial charge on any atom is -0.339 e. The third kappa shape index (κ3) is 4.98. The second-order valence-electron chi connectivity index (χ2n) is 7.50. The molecule has 2 amide bonds. The van der Waals surface area contributed by atoms with Gasteiger partial charge in [0.1, 0.15) is 0 Å². The van der Waals surface area contributed by atoms with Gasteiger partial charge in [-0.15, -0.1) is 0 Å². The number of hydrogen-bond donors (Lipinski definition) is 2. The lowest BCUT2D eigenvalue weighted by molar-refractivity contribution is -0.120. The minimum atomic E-state index is -0.374. The Hall–Kier alpha value is -2.66. The summed E-state index contributed by atoms with van der Waals surface area (Å²) in [6, 6.07) is 16.4. The molecule has 3 N–H and O–H groups in total. The Morgan fingerprint density at radius 1 is 0.929 bits per heavy atom. The predicted molar refractivity (Wildman–Crippen MR) is 112 cm³/mol. The molecule has 0 spiro atoms. The molecule has 2 aromatic rings. The predicted octanol–water partition coefficient (Wildman–Crippen LogP) is 3.98. The molecule has 3 rings (SSSR count). The van der Waals surface area contributed by atoms with E-state index < -0.39 is 0 Å². The van der Waals surface area contributed by atoms with Crippen LogP contribution in [0.3, 0.4) is 0 Å². The quantitative estimate of drug-likeness (QED) is 0.825. The van der Waals surface area contributed by atoms with E-state index in [2.05, 4.69) is 5.32 Å². The standard InChI is InChI=1S/C23H29N3O2/c1-17(21(24)18-9-5-4-6-10-18)22(27)25-20-13-11-19(12-14-20)23(28)26-15-7-2-3-8-16-26/h4-6,9-14,17,21H,2-3,7-8,15-16,24H2,1H3,(H,25,27). The zero-order valence-corrected chi connectivity index (χ0v) is 16.4. The molecule has 5 nitrogen and oxygen atoms in total. The highest BCUT2D eigenvalue weighted by molar-refractivity contribution is 5.96. The van der Waals surface area contributed by atoms with Crippen LogP contribution in [-0.2, 0) is 4.79 Å². The van der Waals surface area contributed by atoms with E-state index in [1.807, 2.05) is 42.2 Å². The zero-order chi connectivity index (χ0) is 19.9. The number of nitrogens with zero attached hydrogens (tertiary/aromatic N) is 1. The van der Waals surface area contributed by atoms with Gasteiger partial charge in [-0.2, -0.15) is 0 Å². The molecule has 1 heterocycles. The first-order valence-electron chi connectivity index (χ1n) is 10.1. The van der Waals surface area contributed by atoms with Crippen LogP contribution in [0.1, 0.15) is 54.6 Å². The fraction of sp³-hybridized carbons (Fsp3) is 0.391. The smallest absolute Gasteiger partial charge is 0.253 e. The van der Waals surface area contributed by atoms with Gasteiger partial charge in [0.05, 0.1) is 5.92 Å². The van der Waals surface area contributed by atoms with Gasteiger partial charge < -0.3 is 16.0 Å². The van der Waals surface area contributed by atoms with Crippen LogP contribution in [0.15, 0.2) is 54.6 Å². The Bertz CT molecular complexity index is 781. The summed E-state index contributed by atoms with van der Waals surface area (Å²) in [5.41, 5.74) is 8.51. The lowest BCUT2D eigenvalue weighted by Crippen LogP contribution is -2.32. The van der Waals surface area contributed by atoms with Crippen LogP contribution in [0.2, 0.25) is 0 Å². The summed E-state index contributed by atoms with van der Waals surface area (Å²) in [6.45, 7) is 3.47. The molecular weight excluding hydrogens is 350 g/mol. The number of rotatable bonds is 5. The second kappa shape index (κ2) is 9.51. The number of nitrogens with two attached hydrogens (primary N) is 1. The van der Waals surface area contributed by atoms with Gasteiger partial charge >= 0.3 is 0 Å². The van der Waals surface area contributed by atoms with E-state index in [0.29, 0.717) is 11.3 Å². The Balaban J connectivity index is 1.60. The molecule has 0 bridgehead atoms. The van der Waals surface area contributed by atoms with Crippen molar-refractivity contribution in [3.05, 3.63) is 65.7 Å².